The van der Waals surface area contributed by atoms with E-state index in [0.717, 1.165) is 5.92 Å². The van der Waals surface area contributed by atoms with Gasteiger partial charge >= 0.3 is 0 Å². The van der Waals surface area contributed by atoms with Crippen LogP contribution in [-0.2, 0) is 11.3 Å². The van der Waals surface area contributed by atoms with E-state index in [1.54, 1.807) is 0 Å². The van der Waals surface area contributed by atoms with E-state index in [9.17, 15) is 0 Å². The van der Waals surface area contributed by atoms with Crippen LogP contribution in [-0.4, -0.2) is 6.61 Å². The van der Waals surface area contributed by atoms with Gasteiger partial charge in [0.2, 0.25) is 0 Å². The molecule has 0 aromatic heterocycles. The van der Waals surface area contributed by atoms with E-state index >= 15 is 0 Å². The van der Waals surface area contributed by atoms with Crippen molar-refractivity contribution in [1.82, 2.24) is 0 Å². The molecule has 0 heterocycles. The molecule has 0 saturated heterocycles. The van der Waals surface area contributed by atoms with Crippen LogP contribution in [0.15, 0.2) is 54.6 Å². The normalized spacial score (nSPS) is 17.1. The second-order valence-corrected chi connectivity index (χ2v) is 6.61. The van der Waals surface area contributed by atoms with Crippen LogP contribution in [0, 0.1) is 0 Å². The fourth-order valence-corrected chi connectivity index (χ4v) is 3.45. The number of hydrogen-bond acceptors (Lipinski definition) is 2. The van der Waals surface area contributed by atoms with Gasteiger partial charge in [-0.1, -0.05) is 73.9 Å². The fourth-order valence-electron chi connectivity index (χ4n) is 3.45. The van der Waals surface area contributed by atoms with Crippen molar-refractivity contribution in [2.45, 2.75) is 50.7 Å². The summed E-state index contributed by atoms with van der Waals surface area (Å²) in [6.45, 7) is 1.18. The fraction of sp³-hybridized carbons (Fsp3) is 0.429. The first-order valence-corrected chi connectivity index (χ1v) is 8.80. The molecule has 0 radical (unpaired) electrons. The van der Waals surface area contributed by atoms with Crippen LogP contribution in [0.3, 0.4) is 0 Å². The van der Waals surface area contributed by atoms with Crippen LogP contribution in [0.5, 0.6) is 0 Å². The summed E-state index contributed by atoms with van der Waals surface area (Å²) >= 11 is 0. The van der Waals surface area contributed by atoms with E-state index in [0.29, 0.717) is 13.2 Å². The van der Waals surface area contributed by atoms with Crippen molar-refractivity contribution in [3.63, 3.8) is 0 Å². The second-order valence-electron chi connectivity index (χ2n) is 6.61. The summed E-state index contributed by atoms with van der Waals surface area (Å²) in [6, 6.07) is 19.0. The third-order valence-corrected chi connectivity index (χ3v) is 4.82. The van der Waals surface area contributed by atoms with E-state index in [-0.39, 0.29) is 6.04 Å². The lowest BCUT2D eigenvalue weighted by Gasteiger charge is -2.23. The summed E-state index contributed by atoms with van der Waals surface area (Å²) in [4.78, 5) is 0. The predicted molar refractivity (Wildman–Crippen MR) is 95.3 cm³/mol. The Morgan fingerprint density at radius 1 is 0.957 bits per heavy atom. The molecule has 122 valence electrons. The minimum absolute atomic E-state index is 0.0535. The summed E-state index contributed by atoms with van der Waals surface area (Å²) in [5.41, 5.74) is 10.2. The number of ether oxygens (including phenoxy) is 1. The molecule has 2 aromatic rings. The maximum atomic E-state index is 6.33. The minimum atomic E-state index is -0.0535. The van der Waals surface area contributed by atoms with Crippen LogP contribution in [0.25, 0.3) is 0 Å². The molecule has 0 spiro atoms. The molecule has 1 aliphatic carbocycles. The molecule has 2 aromatic carbocycles. The van der Waals surface area contributed by atoms with Crippen LogP contribution in [0.2, 0.25) is 0 Å². The van der Waals surface area contributed by atoms with Crippen molar-refractivity contribution < 1.29 is 4.74 Å². The highest BCUT2D eigenvalue weighted by atomic mass is 16.5. The molecular formula is C21H27NO. The van der Waals surface area contributed by atoms with Gasteiger partial charge in [-0.3, -0.25) is 0 Å². The first-order valence-electron chi connectivity index (χ1n) is 8.80. The van der Waals surface area contributed by atoms with Crippen LogP contribution in [0.1, 0.15) is 60.8 Å². The Kier molecular flexibility index (Phi) is 5.84. The van der Waals surface area contributed by atoms with Gasteiger partial charge in [-0.05, 0) is 35.4 Å². The van der Waals surface area contributed by atoms with Crippen molar-refractivity contribution in [3.8, 4) is 0 Å². The van der Waals surface area contributed by atoms with Crippen molar-refractivity contribution in [3.05, 3.63) is 71.3 Å². The van der Waals surface area contributed by atoms with Gasteiger partial charge in [0, 0.05) is 0 Å². The van der Waals surface area contributed by atoms with E-state index < -0.39 is 0 Å². The standard InChI is InChI=1S/C21H27NO/c22-21(16-23-15-17-8-3-1-4-9-17)20-13-7-12-19(14-20)18-10-5-2-6-11-18/h1,3-4,7-9,12-14,18,21H,2,5-6,10-11,15-16,22H2. The van der Waals surface area contributed by atoms with Crippen LogP contribution >= 0.6 is 0 Å². The lowest BCUT2D eigenvalue weighted by Crippen LogP contribution is -2.17. The van der Waals surface area contributed by atoms with E-state index in [2.05, 4.69) is 36.4 Å². The minimum Gasteiger partial charge on any atom is -0.375 e. The van der Waals surface area contributed by atoms with E-state index in [1.165, 1.54) is 48.8 Å². The molecule has 1 saturated carbocycles. The maximum absolute atomic E-state index is 6.33. The molecule has 2 N–H and O–H groups in total. The maximum Gasteiger partial charge on any atom is 0.0717 e. The van der Waals surface area contributed by atoms with Crippen molar-refractivity contribution in [2.75, 3.05) is 6.61 Å². The molecule has 23 heavy (non-hydrogen) atoms. The first kappa shape index (κ1) is 16.2. The Morgan fingerprint density at radius 3 is 2.52 bits per heavy atom. The van der Waals surface area contributed by atoms with Gasteiger partial charge in [-0.25, -0.2) is 0 Å². The van der Waals surface area contributed by atoms with Gasteiger partial charge in [-0.2, -0.15) is 0 Å². The molecule has 1 atom stereocenters. The Labute approximate surface area is 139 Å². The highest BCUT2D eigenvalue weighted by Gasteiger charge is 2.16. The third-order valence-electron chi connectivity index (χ3n) is 4.82. The smallest absolute Gasteiger partial charge is 0.0717 e. The van der Waals surface area contributed by atoms with Gasteiger partial charge in [0.15, 0.2) is 0 Å². The van der Waals surface area contributed by atoms with Gasteiger partial charge < -0.3 is 10.5 Å². The molecule has 1 aliphatic rings. The van der Waals surface area contributed by atoms with Gasteiger partial charge in [0.25, 0.3) is 0 Å². The number of benzene rings is 2. The summed E-state index contributed by atoms with van der Waals surface area (Å²) in [6.07, 6.45) is 6.76. The van der Waals surface area contributed by atoms with E-state index in [1.807, 2.05) is 18.2 Å². The first-order chi connectivity index (χ1) is 11.3. The largest absolute Gasteiger partial charge is 0.375 e. The quantitative estimate of drug-likeness (QED) is 0.819. The molecular weight excluding hydrogens is 282 g/mol. The highest BCUT2D eigenvalue weighted by Crippen LogP contribution is 2.33. The average Bonchev–Trinajstić information content (AvgIpc) is 2.63. The molecule has 0 amide bonds. The summed E-state index contributed by atoms with van der Waals surface area (Å²) in [7, 11) is 0. The molecule has 2 nitrogen and oxygen atoms in total. The van der Waals surface area contributed by atoms with Gasteiger partial charge in [0.1, 0.15) is 0 Å². The highest BCUT2D eigenvalue weighted by molar-refractivity contribution is 5.29. The zero-order valence-corrected chi connectivity index (χ0v) is 13.8. The zero-order chi connectivity index (χ0) is 15.9. The summed E-state index contributed by atoms with van der Waals surface area (Å²) in [5, 5.41) is 0. The number of hydrogen-bond donors (Lipinski definition) is 1. The monoisotopic (exact) mass is 309 g/mol. The van der Waals surface area contributed by atoms with Crippen molar-refractivity contribution >= 4 is 0 Å². The molecule has 0 aliphatic heterocycles. The summed E-state index contributed by atoms with van der Waals surface area (Å²) in [5.74, 6) is 0.723. The average molecular weight is 309 g/mol. The molecule has 3 rings (SSSR count). The topological polar surface area (TPSA) is 35.2 Å². The van der Waals surface area contributed by atoms with Crippen LogP contribution < -0.4 is 5.73 Å². The summed E-state index contributed by atoms with van der Waals surface area (Å²) < 4.78 is 5.80. The predicted octanol–water partition coefficient (Wildman–Crippen LogP) is 4.95. The van der Waals surface area contributed by atoms with Gasteiger partial charge in [-0.15, -0.1) is 0 Å². The molecule has 1 fully saturated rings. The molecule has 2 heteroatoms. The van der Waals surface area contributed by atoms with Crippen molar-refractivity contribution in [1.29, 1.82) is 0 Å². The Balaban J connectivity index is 1.55. The Morgan fingerprint density at radius 2 is 1.74 bits per heavy atom. The molecule has 0 bridgehead atoms. The Bertz CT molecular complexity index is 590. The van der Waals surface area contributed by atoms with E-state index in [4.69, 9.17) is 10.5 Å². The third kappa shape index (κ3) is 4.66. The molecule has 1 unspecified atom stereocenters. The zero-order valence-electron chi connectivity index (χ0n) is 13.8. The van der Waals surface area contributed by atoms with Crippen molar-refractivity contribution in [2.24, 2.45) is 5.73 Å². The lowest BCUT2D eigenvalue weighted by molar-refractivity contribution is 0.108. The lowest BCUT2D eigenvalue weighted by atomic mass is 9.83. The van der Waals surface area contributed by atoms with Gasteiger partial charge in [0.05, 0.1) is 19.3 Å². The number of rotatable bonds is 6. The number of nitrogens with two attached hydrogens (primary N) is 1. The second kappa shape index (κ2) is 8.28. The SMILES string of the molecule is NC(COCc1ccccc1)c1cccc(C2CCCCC2)c1. The van der Waals surface area contributed by atoms with Crippen LogP contribution in [0.4, 0.5) is 0 Å². The Hall–Kier alpha value is -1.64.